The van der Waals surface area contributed by atoms with Crippen molar-refractivity contribution >= 4 is 32.2 Å². The second kappa shape index (κ2) is 3.68. The van der Waals surface area contributed by atoms with E-state index in [1.807, 2.05) is 24.3 Å². The molecule has 1 heterocycles. The van der Waals surface area contributed by atoms with Crippen molar-refractivity contribution in [3.8, 4) is 0 Å². The Hall–Kier alpha value is -0.540. The molecule has 0 amide bonds. The molecule has 1 aliphatic rings. The van der Waals surface area contributed by atoms with E-state index in [2.05, 4.69) is 21.1 Å². The molecule has 13 heavy (non-hydrogen) atoms. The Morgan fingerprint density at radius 1 is 1.46 bits per heavy atom. The second-order valence-electron chi connectivity index (χ2n) is 2.79. The topological polar surface area (TPSA) is 21.6 Å². The summed E-state index contributed by atoms with van der Waals surface area (Å²) in [5.41, 5.74) is 0.988. The van der Waals surface area contributed by atoms with Crippen molar-refractivity contribution in [2.75, 3.05) is 0 Å². The van der Waals surface area contributed by atoms with Crippen LogP contribution in [0.1, 0.15) is 18.1 Å². The van der Waals surface area contributed by atoms with Gasteiger partial charge in [0.25, 0.3) is 0 Å². The van der Waals surface area contributed by atoms with Crippen molar-refractivity contribution in [1.29, 1.82) is 0 Å². The number of oxime groups is 1. The number of nitrogens with zero attached hydrogens (tertiary/aromatic N) is 1. The molecule has 0 N–H and O–H groups in total. The van der Waals surface area contributed by atoms with Crippen LogP contribution in [0.5, 0.6) is 0 Å². The van der Waals surface area contributed by atoms with E-state index < -0.39 is 0 Å². The van der Waals surface area contributed by atoms with Crippen LogP contribution in [0, 0.1) is 0 Å². The van der Waals surface area contributed by atoms with Crippen LogP contribution >= 0.6 is 27.5 Å². The van der Waals surface area contributed by atoms with E-state index in [4.69, 9.17) is 16.4 Å². The molecule has 0 aliphatic carbocycles. The first kappa shape index (κ1) is 9.03. The monoisotopic (exact) mass is 259 g/mol. The molecule has 0 bridgehead atoms. The molecule has 1 aliphatic heterocycles. The van der Waals surface area contributed by atoms with Crippen LogP contribution in [0.3, 0.4) is 0 Å². The van der Waals surface area contributed by atoms with Crippen LogP contribution in [0.2, 0.25) is 5.02 Å². The Kier molecular flexibility index (Phi) is 2.56. The van der Waals surface area contributed by atoms with Crippen LogP contribution in [-0.4, -0.2) is 4.62 Å². The summed E-state index contributed by atoms with van der Waals surface area (Å²) in [6.45, 7) is 0. The third-order valence-electron chi connectivity index (χ3n) is 1.88. The molecule has 4 heteroatoms. The van der Waals surface area contributed by atoms with E-state index >= 15 is 0 Å². The molecule has 1 aromatic rings. The molecule has 0 radical (unpaired) electrons. The van der Waals surface area contributed by atoms with Crippen LogP contribution in [0.25, 0.3) is 0 Å². The maximum atomic E-state index is 6.01. The standard InChI is InChI=1S/C9H7BrClNO/c10-9-5-8(13-12-9)6-3-1-2-4-7(6)11/h1-4,8H,5H2/t8-/m0/s1. The van der Waals surface area contributed by atoms with Gasteiger partial charge < -0.3 is 4.84 Å². The lowest BCUT2D eigenvalue weighted by Gasteiger charge is -2.09. The molecule has 0 saturated heterocycles. The van der Waals surface area contributed by atoms with E-state index in [-0.39, 0.29) is 6.10 Å². The van der Waals surface area contributed by atoms with E-state index in [1.54, 1.807) is 0 Å². The highest BCUT2D eigenvalue weighted by atomic mass is 79.9. The van der Waals surface area contributed by atoms with E-state index in [9.17, 15) is 0 Å². The molecule has 2 nitrogen and oxygen atoms in total. The highest BCUT2D eigenvalue weighted by molar-refractivity contribution is 9.18. The van der Waals surface area contributed by atoms with Gasteiger partial charge in [-0.1, -0.05) is 35.0 Å². The SMILES string of the molecule is Clc1ccccc1[C@@H]1CC(Br)=NO1. The van der Waals surface area contributed by atoms with Crippen LogP contribution in [0.4, 0.5) is 0 Å². The molecule has 68 valence electrons. The summed E-state index contributed by atoms with van der Waals surface area (Å²) in [5.74, 6) is 0. The van der Waals surface area contributed by atoms with Gasteiger partial charge in [0.05, 0.1) is 0 Å². The molecule has 2 rings (SSSR count). The summed E-state index contributed by atoms with van der Waals surface area (Å²) in [7, 11) is 0. The highest BCUT2D eigenvalue weighted by Gasteiger charge is 2.22. The van der Waals surface area contributed by atoms with Crippen molar-refractivity contribution in [1.82, 2.24) is 0 Å². The highest BCUT2D eigenvalue weighted by Crippen LogP contribution is 2.32. The Balaban J connectivity index is 2.23. The quantitative estimate of drug-likeness (QED) is 0.757. The van der Waals surface area contributed by atoms with Crippen LogP contribution in [-0.2, 0) is 4.84 Å². The molecule has 1 atom stereocenters. The maximum absolute atomic E-state index is 6.01. The first-order valence-electron chi connectivity index (χ1n) is 3.90. The normalized spacial score (nSPS) is 21.1. The summed E-state index contributed by atoms with van der Waals surface area (Å²) < 4.78 is 0.831. The fourth-order valence-corrected chi connectivity index (χ4v) is 1.89. The molecule has 0 spiro atoms. The third-order valence-corrected chi connectivity index (χ3v) is 2.70. The third kappa shape index (κ3) is 1.86. The molecular weight excluding hydrogens is 253 g/mol. The first-order valence-corrected chi connectivity index (χ1v) is 5.07. The lowest BCUT2D eigenvalue weighted by Crippen LogP contribution is -1.97. The predicted octanol–water partition coefficient (Wildman–Crippen LogP) is 3.51. The van der Waals surface area contributed by atoms with E-state index in [1.165, 1.54) is 0 Å². The molecule has 0 fully saturated rings. The first-order chi connectivity index (χ1) is 6.27. The zero-order chi connectivity index (χ0) is 9.26. The van der Waals surface area contributed by atoms with E-state index in [0.29, 0.717) is 0 Å². The number of rotatable bonds is 1. The number of benzene rings is 1. The largest absolute Gasteiger partial charge is 0.386 e. The van der Waals surface area contributed by atoms with Gasteiger partial charge in [-0.25, -0.2) is 0 Å². The van der Waals surface area contributed by atoms with Gasteiger partial charge in [-0.3, -0.25) is 0 Å². The van der Waals surface area contributed by atoms with Crippen molar-refractivity contribution in [2.24, 2.45) is 5.16 Å². The average Bonchev–Trinajstić information content (AvgIpc) is 2.53. The number of hydrogen-bond donors (Lipinski definition) is 0. The summed E-state index contributed by atoms with van der Waals surface area (Å²) >= 11 is 9.29. The van der Waals surface area contributed by atoms with E-state index in [0.717, 1.165) is 21.6 Å². The maximum Gasteiger partial charge on any atom is 0.160 e. The number of halogens is 2. The Labute approximate surface area is 89.7 Å². The van der Waals surface area contributed by atoms with Gasteiger partial charge in [0.15, 0.2) is 6.10 Å². The minimum atomic E-state index is -0.0388. The van der Waals surface area contributed by atoms with Crippen molar-refractivity contribution in [2.45, 2.75) is 12.5 Å². The predicted molar refractivity (Wildman–Crippen MR) is 56.3 cm³/mol. The van der Waals surface area contributed by atoms with Gasteiger partial charge in [0.2, 0.25) is 0 Å². The minimum Gasteiger partial charge on any atom is -0.386 e. The summed E-state index contributed by atoms with van der Waals surface area (Å²) in [6.07, 6.45) is 0.715. The smallest absolute Gasteiger partial charge is 0.160 e. The van der Waals surface area contributed by atoms with Gasteiger partial charge in [-0.15, -0.1) is 0 Å². The lowest BCUT2D eigenvalue weighted by molar-refractivity contribution is 0.0858. The average molecular weight is 261 g/mol. The Morgan fingerprint density at radius 3 is 2.85 bits per heavy atom. The summed E-state index contributed by atoms with van der Waals surface area (Å²) in [5, 5.41) is 4.54. The zero-order valence-electron chi connectivity index (χ0n) is 6.71. The zero-order valence-corrected chi connectivity index (χ0v) is 9.05. The van der Waals surface area contributed by atoms with Gasteiger partial charge >= 0.3 is 0 Å². The van der Waals surface area contributed by atoms with Gasteiger partial charge in [-0.2, -0.15) is 0 Å². The summed E-state index contributed by atoms with van der Waals surface area (Å²) in [4.78, 5) is 5.19. The fourth-order valence-electron chi connectivity index (χ4n) is 1.25. The molecule has 0 aromatic heterocycles. The molecule has 0 saturated carbocycles. The molecule has 0 unspecified atom stereocenters. The second-order valence-corrected chi connectivity index (χ2v) is 4.11. The fraction of sp³-hybridized carbons (Fsp3) is 0.222. The minimum absolute atomic E-state index is 0.0388. The molecular formula is C9H7BrClNO. The lowest BCUT2D eigenvalue weighted by atomic mass is 10.1. The van der Waals surface area contributed by atoms with Gasteiger partial charge in [-0.05, 0) is 22.0 Å². The van der Waals surface area contributed by atoms with Crippen LogP contribution in [0.15, 0.2) is 29.4 Å². The summed E-state index contributed by atoms with van der Waals surface area (Å²) in [6, 6.07) is 7.65. The molecule has 1 aromatic carbocycles. The van der Waals surface area contributed by atoms with Crippen molar-refractivity contribution in [3.05, 3.63) is 34.9 Å². The Morgan fingerprint density at radius 2 is 2.23 bits per heavy atom. The van der Waals surface area contributed by atoms with Crippen molar-refractivity contribution in [3.63, 3.8) is 0 Å². The van der Waals surface area contributed by atoms with Gasteiger partial charge in [0.1, 0.15) is 4.62 Å². The van der Waals surface area contributed by atoms with Crippen LogP contribution < -0.4 is 0 Å². The van der Waals surface area contributed by atoms with Crippen molar-refractivity contribution < 1.29 is 4.84 Å². The Bertz CT molecular complexity index is 353. The van der Waals surface area contributed by atoms with Gasteiger partial charge in [0, 0.05) is 17.0 Å². The number of hydrogen-bond acceptors (Lipinski definition) is 2.